The van der Waals surface area contributed by atoms with Crippen LogP contribution in [0.1, 0.15) is 24.0 Å². The normalized spacial score (nSPS) is 15.7. The molecule has 1 aliphatic heterocycles. The highest BCUT2D eigenvalue weighted by molar-refractivity contribution is 5.52. The number of piperidine rings is 1. The second kappa shape index (κ2) is 7.42. The SMILES string of the molecule is CNc1ccc(C)cc1CNC1CCN(c2cccnn2)CC1. The Labute approximate surface area is 138 Å². The van der Waals surface area contributed by atoms with E-state index in [2.05, 4.69) is 50.9 Å². The van der Waals surface area contributed by atoms with Crippen LogP contribution in [-0.2, 0) is 6.54 Å². The van der Waals surface area contributed by atoms with Gasteiger partial charge in [-0.3, -0.25) is 0 Å². The standard InChI is InChI=1S/C18H25N5/c1-14-5-6-17(19-2)15(12-14)13-20-16-7-10-23(11-8-16)18-4-3-9-21-22-18/h3-6,9,12,16,19-20H,7-8,10-11,13H2,1-2H3. The zero-order valence-electron chi connectivity index (χ0n) is 13.9. The lowest BCUT2D eigenvalue weighted by Gasteiger charge is -2.33. The predicted molar refractivity (Wildman–Crippen MR) is 94.8 cm³/mol. The van der Waals surface area contributed by atoms with E-state index >= 15 is 0 Å². The van der Waals surface area contributed by atoms with Gasteiger partial charge < -0.3 is 15.5 Å². The summed E-state index contributed by atoms with van der Waals surface area (Å²) in [5, 5.41) is 15.2. The Morgan fingerprint density at radius 2 is 2.04 bits per heavy atom. The first kappa shape index (κ1) is 15.7. The van der Waals surface area contributed by atoms with Crippen molar-refractivity contribution in [2.45, 2.75) is 32.4 Å². The molecular formula is C18H25N5. The summed E-state index contributed by atoms with van der Waals surface area (Å²) in [6, 6.07) is 11.1. The van der Waals surface area contributed by atoms with Crippen LogP contribution in [0.2, 0.25) is 0 Å². The Balaban J connectivity index is 1.52. The lowest BCUT2D eigenvalue weighted by molar-refractivity contribution is 0.412. The Bertz CT molecular complexity index is 621. The maximum absolute atomic E-state index is 4.20. The van der Waals surface area contributed by atoms with Crippen LogP contribution in [-0.4, -0.2) is 36.4 Å². The largest absolute Gasteiger partial charge is 0.388 e. The average molecular weight is 311 g/mol. The molecule has 2 heterocycles. The molecule has 1 aromatic heterocycles. The molecule has 0 radical (unpaired) electrons. The number of nitrogens with one attached hydrogen (secondary N) is 2. The summed E-state index contributed by atoms with van der Waals surface area (Å²) in [7, 11) is 1.98. The Morgan fingerprint density at radius 3 is 2.74 bits per heavy atom. The summed E-state index contributed by atoms with van der Waals surface area (Å²) >= 11 is 0. The van der Waals surface area contributed by atoms with Crippen molar-refractivity contribution >= 4 is 11.5 Å². The van der Waals surface area contributed by atoms with E-state index in [0.717, 1.165) is 38.3 Å². The van der Waals surface area contributed by atoms with Crippen molar-refractivity contribution in [1.29, 1.82) is 0 Å². The van der Waals surface area contributed by atoms with Gasteiger partial charge in [-0.25, -0.2) is 0 Å². The van der Waals surface area contributed by atoms with Crippen molar-refractivity contribution in [2.75, 3.05) is 30.4 Å². The molecule has 1 aliphatic rings. The molecule has 0 unspecified atom stereocenters. The van der Waals surface area contributed by atoms with Crippen LogP contribution in [0.15, 0.2) is 36.5 Å². The first-order valence-electron chi connectivity index (χ1n) is 8.29. The molecule has 0 spiro atoms. The van der Waals surface area contributed by atoms with Gasteiger partial charge in [0.1, 0.15) is 0 Å². The van der Waals surface area contributed by atoms with Gasteiger partial charge in [0, 0.05) is 44.6 Å². The van der Waals surface area contributed by atoms with Crippen molar-refractivity contribution in [1.82, 2.24) is 15.5 Å². The van der Waals surface area contributed by atoms with E-state index in [1.165, 1.54) is 16.8 Å². The maximum Gasteiger partial charge on any atom is 0.151 e. The van der Waals surface area contributed by atoms with Crippen LogP contribution in [0.4, 0.5) is 11.5 Å². The summed E-state index contributed by atoms with van der Waals surface area (Å²) in [5.41, 5.74) is 3.85. The van der Waals surface area contributed by atoms with Gasteiger partial charge in [0.2, 0.25) is 0 Å². The molecule has 3 rings (SSSR count). The molecule has 1 fully saturated rings. The highest BCUT2D eigenvalue weighted by atomic mass is 15.3. The van der Waals surface area contributed by atoms with Crippen LogP contribution in [0.25, 0.3) is 0 Å². The third-order valence-corrected chi connectivity index (χ3v) is 4.49. The van der Waals surface area contributed by atoms with E-state index in [4.69, 9.17) is 0 Å². The van der Waals surface area contributed by atoms with Crippen LogP contribution < -0.4 is 15.5 Å². The van der Waals surface area contributed by atoms with E-state index in [9.17, 15) is 0 Å². The fraction of sp³-hybridized carbons (Fsp3) is 0.444. The Kier molecular flexibility index (Phi) is 5.08. The summed E-state index contributed by atoms with van der Waals surface area (Å²) in [6.45, 7) is 5.11. The third-order valence-electron chi connectivity index (χ3n) is 4.49. The number of anilines is 2. The molecular weight excluding hydrogens is 286 g/mol. The van der Waals surface area contributed by atoms with Crippen molar-refractivity contribution in [3.8, 4) is 0 Å². The highest BCUT2D eigenvalue weighted by Gasteiger charge is 2.20. The second-order valence-electron chi connectivity index (χ2n) is 6.13. The molecule has 0 saturated carbocycles. The van der Waals surface area contributed by atoms with Gasteiger partial charge in [-0.05, 0) is 43.5 Å². The van der Waals surface area contributed by atoms with E-state index in [0.29, 0.717) is 6.04 Å². The van der Waals surface area contributed by atoms with E-state index in [1.807, 2.05) is 19.2 Å². The van der Waals surface area contributed by atoms with E-state index < -0.39 is 0 Å². The zero-order valence-corrected chi connectivity index (χ0v) is 13.9. The predicted octanol–water partition coefficient (Wildman–Crippen LogP) is 2.59. The minimum absolute atomic E-state index is 0.563. The van der Waals surface area contributed by atoms with Gasteiger partial charge in [0.25, 0.3) is 0 Å². The minimum Gasteiger partial charge on any atom is -0.388 e. The summed E-state index contributed by atoms with van der Waals surface area (Å²) in [4.78, 5) is 2.32. The third kappa shape index (κ3) is 3.99. The molecule has 1 aromatic carbocycles. The number of rotatable bonds is 5. The summed E-state index contributed by atoms with van der Waals surface area (Å²) < 4.78 is 0. The number of hydrogen-bond donors (Lipinski definition) is 2. The topological polar surface area (TPSA) is 53.1 Å². The molecule has 2 N–H and O–H groups in total. The summed E-state index contributed by atoms with van der Waals surface area (Å²) in [6.07, 6.45) is 3.99. The van der Waals surface area contributed by atoms with E-state index in [1.54, 1.807) is 6.20 Å². The van der Waals surface area contributed by atoms with Crippen molar-refractivity contribution in [2.24, 2.45) is 0 Å². The quantitative estimate of drug-likeness (QED) is 0.889. The first-order chi connectivity index (χ1) is 11.3. The zero-order chi connectivity index (χ0) is 16.1. The lowest BCUT2D eigenvalue weighted by atomic mass is 10.0. The molecule has 5 heteroatoms. The van der Waals surface area contributed by atoms with Crippen LogP contribution in [0, 0.1) is 6.92 Å². The maximum atomic E-state index is 4.20. The van der Waals surface area contributed by atoms with Crippen LogP contribution in [0.3, 0.4) is 0 Å². The molecule has 0 amide bonds. The number of hydrogen-bond acceptors (Lipinski definition) is 5. The molecule has 0 atom stereocenters. The Morgan fingerprint density at radius 1 is 1.22 bits per heavy atom. The number of aryl methyl sites for hydroxylation is 1. The molecule has 122 valence electrons. The number of nitrogens with zero attached hydrogens (tertiary/aromatic N) is 3. The second-order valence-corrected chi connectivity index (χ2v) is 6.13. The fourth-order valence-corrected chi connectivity index (χ4v) is 3.14. The number of benzene rings is 1. The minimum atomic E-state index is 0.563. The average Bonchev–Trinajstić information content (AvgIpc) is 2.61. The van der Waals surface area contributed by atoms with Crippen molar-refractivity contribution in [3.05, 3.63) is 47.7 Å². The van der Waals surface area contributed by atoms with Gasteiger partial charge in [-0.1, -0.05) is 17.7 Å². The summed E-state index contributed by atoms with van der Waals surface area (Å²) in [5.74, 6) is 0.988. The van der Waals surface area contributed by atoms with Gasteiger partial charge in [0.05, 0.1) is 0 Å². The van der Waals surface area contributed by atoms with Gasteiger partial charge in [-0.15, -0.1) is 5.10 Å². The van der Waals surface area contributed by atoms with Gasteiger partial charge in [0.15, 0.2) is 5.82 Å². The smallest absolute Gasteiger partial charge is 0.151 e. The molecule has 1 saturated heterocycles. The molecule has 2 aromatic rings. The molecule has 23 heavy (non-hydrogen) atoms. The van der Waals surface area contributed by atoms with E-state index in [-0.39, 0.29) is 0 Å². The first-order valence-corrected chi connectivity index (χ1v) is 8.29. The molecule has 0 aliphatic carbocycles. The monoisotopic (exact) mass is 311 g/mol. The fourth-order valence-electron chi connectivity index (χ4n) is 3.14. The van der Waals surface area contributed by atoms with Gasteiger partial charge >= 0.3 is 0 Å². The highest BCUT2D eigenvalue weighted by Crippen LogP contribution is 2.19. The van der Waals surface area contributed by atoms with Crippen LogP contribution in [0.5, 0.6) is 0 Å². The molecule has 0 bridgehead atoms. The van der Waals surface area contributed by atoms with Gasteiger partial charge in [-0.2, -0.15) is 5.10 Å². The molecule has 5 nitrogen and oxygen atoms in total. The lowest BCUT2D eigenvalue weighted by Crippen LogP contribution is -2.42. The van der Waals surface area contributed by atoms with Crippen LogP contribution >= 0.6 is 0 Å². The number of aromatic nitrogens is 2. The van der Waals surface area contributed by atoms with Crippen molar-refractivity contribution < 1.29 is 0 Å². The Hall–Kier alpha value is -2.14. The van der Waals surface area contributed by atoms with Crippen molar-refractivity contribution in [3.63, 3.8) is 0 Å².